The Morgan fingerprint density at radius 1 is 1.35 bits per heavy atom. The number of unbranched alkanes of at least 4 members (excludes halogenated alkanes) is 1. The lowest BCUT2D eigenvalue weighted by atomic mass is 10.3. The summed E-state index contributed by atoms with van der Waals surface area (Å²) >= 11 is 0. The molecule has 0 aliphatic rings. The van der Waals surface area contributed by atoms with Crippen molar-refractivity contribution in [2.24, 2.45) is 0 Å². The van der Waals surface area contributed by atoms with Gasteiger partial charge in [-0.2, -0.15) is 9.61 Å². The number of aryl methyl sites for hydroxylation is 1. The molecule has 2 rings (SSSR count). The summed E-state index contributed by atoms with van der Waals surface area (Å²) in [5.41, 5.74) is 2.06. The van der Waals surface area contributed by atoms with E-state index in [1.165, 1.54) is 5.56 Å². The van der Waals surface area contributed by atoms with Gasteiger partial charge in [-0.1, -0.05) is 0 Å². The monoisotopic (exact) mass is 234 g/mol. The van der Waals surface area contributed by atoms with E-state index >= 15 is 0 Å². The molecule has 2 aromatic rings. The molecule has 2 aromatic heterocycles. The Bertz CT molecular complexity index is 480. The number of nitrogens with zero attached hydrogens (tertiary/aromatic N) is 3. The molecule has 0 radical (unpaired) electrons. The largest absolute Gasteiger partial charge is 0.385 e. The maximum Gasteiger partial charge on any atom is 0.157 e. The number of aromatic nitrogens is 3. The molecule has 5 heteroatoms. The lowest BCUT2D eigenvalue weighted by Crippen LogP contribution is -2.07. The van der Waals surface area contributed by atoms with Crippen LogP contribution >= 0.6 is 0 Å². The van der Waals surface area contributed by atoms with Gasteiger partial charge in [0.2, 0.25) is 0 Å². The van der Waals surface area contributed by atoms with Crippen molar-refractivity contribution in [3.05, 3.63) is 24.0 Å². The summed E-state index contributed by atoms with van der Waals surface area (Å²) in [6, 6.07) is 4.10. The molecule has 0 saturated heterocycles. The molecule has 0 spiro atoms. The Labute approximate surface area is 101 Å². The van der Waals surface area contributed by atoms with Crippen LogP contribution in [0.2, 0.25) is 0 Å². The molecule has 0 aliphatic carbocycles. The number of fused-ring (bicyclic) bond motifs is 1. The van der Waals surface area contributed by atoms with Crippen LogP contribution in [0.25, 0.3) is 5.65 Å². The molecule has 0 bridgehead atoms. The zero-order valence-electron chi connectivity index (χ0n) is 10.3. The number of rotatable bonds is 6. The van der Waals surface area contributed by atoms with Gasteiger partial charge in [0.1, 0.15) is 12.1 Å². The van der Waals surface area contributed by atoms with Gasteiger partial charge in [0, 0.05) is 20.3 Å². The third kappa shape index (κ3) is 2.94. The molecule has 0 unspecified atom stereocenters. The van der Waals surface area contributed by atoms with E-state index in [2.05, 4.69) is 28.4 Å². The van der Waals surface area contributed by atoms with Crippen LogP contribution in [0, 0.1) is 6.92 Å². The molecule has 0 fully saturated rings. The SMILES string of the molecule is COCCCCNc1cc(C)cc2ncnn12. The predicted octanol–water partition coefficient (Wildman–Crippen LogP) is 1.88. The van der Waals surface area contributed by atoms with E-state index in [4.69, 9.17) is 4.74 Å². The molecule has 1 N–H and O–H groups in total. The third-order valence-electron chi connectivity index (χ3n) is 2.60. The average molecular weight is 234 g/mol. The molecular formula is C12H18N4O. The van der Waals surface area contributed by atoms with Gasteiger partial charge in [-0.15, -0.1) is 0 Å². The fourth-order valence-corrected chi connectivity index (χ4v) is 1.77. The van der Waals surface area contributed by atoms with Crippen molar-refractivity contribution in [2.75, 3.05) is 25.6 Å². The van der Waals surface area contributed by atoms with E-state index in [-0.39, 0.29) is 0 Å². The first-order valence-corrected chi connectivity index (χ1v) is 5.84. The Morgan fingerprint density at radius 3 is 3.06 bits per heavy atom. The lowest BCUT2D eigenvalue weighted by Gasteiger charge is -2.08. The van der Waals surface area contributed by atoms with Gasteiger partial charge in [-0.25, -0.2) is 4.98 Å². The highest BCUT2D eigenvalue weighted by Crippen LogP contribution is 2.13. The van der Waals surface area contributed by atoms with Crippen molar-refractivity contribution < 1.29 is 4.74 Å². The quantitative estimate of drug-likeness (QED) is 0.775. The second-order valence-corrected chi connectivity index (χ2v) is 4.07. The van der Waals surface area contributed by atoms with Crippen molar-refractivity contribution in [1.82, 2.24) is 14.6 Å². The third-order valence-corrected chi connectivity index (χ3v) is 2.60. The lowest BCUT2D eigenvalue weighted by molar-refractivity contribution is 0.194. The summed E-state index contributed by atoms with van der Waals surface area (Å²) in [6.45, 7) is 3.79. The normalized spacial score (nSPS) is 10.9. The summed E-state index contributed by atoms with van der Waals surface area (Å²) in [6.07, 6.45) is 3.72. The zero-order chi connectivity index (χ0) is 12.1. The summed E-state index contributed by atoms with van der Waals surface area (Å²) in [7, 11) is 1.73. The van der Waals surface area contributed by atoms with Crippen LogP contribution in [0.3, 0.4) is 0 Å². The van der Waals surface area contributed by atoms with Crippen LogP contribution in [-0.4, -0.2) is 34.9 Å². The van der Waals surface area contributed by atoms with Crippen LogP contribution in [0.15, 0.2) is 18.5 Å². The average Bonchev–Trinajstić information content (AvgIpc) is 2.76. The minimum absolute atomic E-state index is 0.814. The van der Waals surface area contributed by atoms with Gasteiger partial charge < -0.3 is 10.1 Å². The van der Waals surface area contributed by atoms with Crippen LogP contribution in [0.1, 0.15) is 18.4 Å². The van der Waals surface area contributed by atoms with Gasteiger partial charge in [-0.05, 0) is 37.5 Å². The highest BCUT2D eigenvalue weighted by Gasteiger charge is 2.02. The van der Waals surface area contributed by atoms with Crippen LogP contribution < -0.4 is 5.32 Å². The van der Waals surface area contributed by atoms with Crippen LogP contribution in [0.5, 0.6) is 0 Å². The molecule has 0 saturated carbocycles. The minimum Gasteiger partial charge on any atom is -0.385 e. The van der Waals surface area contributed by atoms with E-state index in [1.54, 1.807) is 13.4 Å². The highest BCUT2D eigenvalue weighted by molar-refractivity contribution is 5.51. The maximum atomic E-state index is 5.02. The summed E-state index contributed by atoms with van der Waals surface area (Å²) < 4.78 is 6.84. The van der Waals surface area contributed by atoms with E-state index in [1.807, 2.05) is 10.6 Å². The number of hydrogen-bond donors (Lipinski definition) is 1. The highest BCUT2D eigenvalue weighted by atomic mass is 16.5. The topological polar surface area (TPSA) is 51.5 Å². The van der Waals surface area contributed by atoms with Gasteiger partial charge in [-0.3, -0.25) is 0 Å². The fraction of sp³-hybridized carbons (Fsp3) is 0.500. The van der Waals surface area contributed by atoms with Crippen LogP contribution in [0.4, 0.5) is 5.82 Å². The van der Waals surface area contributed by atoms with Crippen LogP contribution in [-0.2, 0) is 4.74 Å². The van der Waals surface area contributed by atoms with Gasteiger partial charge in [0.15, 0.2) is 5.65 Å². The van der Waals surface area contributed by atoms with Gasteiger partial charge in [0.25, 0.3) is 0 Å². The predicted molar refractivity (Wildman–Crippen MR) is 67.3 cm³/mol. The molecule has 0 atom stereocenters. The van der Waals surface area contributed by atoms with Crippen molar-refractivity contribution in [1.29, 1.82) is 0 Å². The maximum absolute atomic E-state index is 5.02. The minimum atomic E-state index is 0.814. The van der Waals surface area contributed by atoms with Crippen molar-refractivity contribution in [2.45, 2.75) is 19.8 Å². The summed E-state index contributed by atoms with van der Waals surface area (Å²) in [5.74, 6) is 0.995. The van der Waals surface area contributed by atoms with E-state index < -0.39 is 0 Å². The van der Waals surface area contributed by atoms with Crippen molar-refractivity contribution in [3.8, 4) is 0 Å². The number of hydrogen-bond acceptors (Lipinski definition) is 4. The number of pyridine rings is 1. The van der Waals surface area contributed by atoms with Crippen molar-refractivity contribution in [3.63, 3.8) is 0 Å². The molecule has 0 aliphatic heterocycles. The Morgan fingerprint density at radius 2 is 2.24 bits per heavy atom. The summed E-state index contributed by atoms with van der Waals surface area (Å²) in [5, 5.41) is 7.57. The van der Waals surface area contributed by atoms with E-state index in [9.17, 15) is 0 Å². The molecule has 2 heterocycles. The number of nitrogens with one attached hydrogen (secondary N) is 1. The standard InChI is InChI=1S/C12H18N4O/c1-10-7-11(13-5-3-4-6-17-2)16-12(8-10)14-9-15-16/h7-9,13H,3-6H2,1-2H3. The molecule has 92 valence electrons. The molecule has 17 heavy (non-hydrogen) atoms. The van der Waals surface area contributed by atoms with Gasteiger partial charge >= 0.3 is 0 Å². The number of ether oxygens (including phenoxy) is 1. The fourth-order valence-electron chi connectivity index (χ4n) is 1.77. The number of methoxy groups -OCH3 is 1. The first-order valence-electron chi connectivity index (χ1n) is 5.84. The Balaban J connectivity index is 2.00. The van der Waals surface area contributed by atoms with E-state index in [0.717, 1.165) is 37.5 Å². The Hall–Kier alpha value is -1.62. The summed E-state index contributed by atoms with van der Waals surface area (Å²) in [4.78, 5) is 4.19. The second-order valence-electron chi connectivity index (χ2n) is 4.07. The molecule has 5 nitrogen and oxygen atoms in total. The zero-order valence-corrected chi connectivity index (χ0v) is 10.3. The molecule has 0 amide bonds. The molecular weight excluding hydrogens is 216 g/mol. The van der Waals surface area contributed by atoms with E-state index in [0.29, 0.717) is 0 Å². The number of anilines is 1. The first kappa shape index (κ1) is 11.9. The van der Waals surface area contributed by atoms with Crippen molar-refractivity contribution >= 4 is 11.5 Å². The first-order chi connectivity index (χ1) is 8.31. The molecule has 0 aromatic carbocycles. The van der Waals surface area contributed by atoms with Gasteiger partial charge in [0.05, 0.1) is 0 Å². The second kappa shape index (κ2) is 5.63. The smallest absolute Gasteiger partial charge is 0.157 e. The Kier molecular flexibility index (Phi) is 3.93.